The second kappa shape index (κ2) is 6.32. The standard InChI is InChI=1S/C13H14Cl3NO3S/c1-17(7-8-3-2-4-8)13(18)9-5-10(14)12(15)11(6-9)21(16,19)20/h5-6,8H,2-4,7H2,1H3. The van der Waals surface area contributed by atoms with E-state index in [2.05, 4.69) is 0 Å². The summed E-state index contributed by atoms with van der Waals surface area (Å²) in [6.07, 6.45) is 3.41. The molecule has 0 heterocycles. The zero-order valence-corrected chi connectivity index (χ0v) is 14.4. The Balaban J connectivity index is 2.30. The number of hydrogen-bond acceptors (Lipinski definition) is 3. The molecule has 0 N–H and O–H groups in total. The van der Waals surface area contributed by atoms with Crippen molar-refractivity contribution in [3.63, 3.8) is 0 Å². The van der Waals surface area contributed by atoms with Crippen molar-refractivity contribution in [3.05, 3.63) is 27.7 Å². The minimum absolute atomic E-state index is 0.0150. The first-order chi connectivity index (χ1) is 9.70. The molecule has 1 aliphatic carbocycles. The van der Waals surface area contributed by atoms with Gasteiger partial charge in [0.15, 0.2) is 0 Å². The van der Waals surface area contributed by atoms with Crippen LogP contribution in [0.4, 0.5) is 0 Å². The first-order valence-electron chi connectivity index (χ1n) is 6.39. The molecule has 0 unspecified atom stereocenters. The number of halogens is 3. The number of benzene rings is 1. The van der Waals surface area contributed by atoms with E-state index in [-0.39, 0.29) is 26.4 Å². The van der Waals surface area contributed by atoms with Gasteiger partial charge in [0.1, 0.15) is 4.90 Å². The Hall–Kier alpha value is -0.490. The first kappa shape index (κ1) is 16.9. The average molecular weight is 371 g/mol. The summed E-state index contributed by atoms with van der Waals surface area (Å²) in [6.45, 7) is 0.641. The Labute approximate surface area is 138 Å². The monoisotopic (exact) mass is 369 g/mol. The van der Waals surface area contributed by atoms with Gasteiger partial charge in [-0.15, -0.1) is 0 Å². The molecule has 2 rings (SSSR count). The highest BCUT2D eigenvalue weighted by atomic mass is 35.7. The Morgan fingerprint density at radius 2 is 1.95 bits per heavy atom. The molecular formula is C13H14Cl3NO3S. The Bertz CT molecular complexity index is 671. The van der Waals surface area contributed by atoms with Gasteiger partial charge >= 0.3 is 0 Å². The van der Waals surface area contributed by atoms with Crippen molar-refractivity contribution in [2.24, 2.45) is 5.92 Å². The summed E-state index contributed by atoms with van der Waals surface area (Å²) in [7, 11) is 2.92. The summed E-state index contributed by atoms with van der Waals surface area (Å²) in [6, 6.07) is 2.52. The fourth-order valence-corrected chi connectivity index (χ4v) is 4.00. The molecule has 0 saturated heterocycles. The maximum atomic E-state index is 12.3. The molecule has 8 heteroatoms. The van der Waals surface area contributed by atoms with Crippen molar-refractivity contribution in [1.82, 2.24) is 4.90 Å². The first-order valence-corrected chi connectivity index (χ1v) is 9.46. The van der Waals surface area contributed by atoms with Crippen LogP contribution in [0.15, 0.2) is 17.0 Å². The molecule has 0 bridgehead atoms. The van der Waals surface area contributed by atoms with Crippen LogP contribution in [-0.4, -0.2) is 32.8 Å². The zero-order valence-electron chi connectivity index (χ0n) is 11.3. The van der Waals surface area contributed by atoms with Crippen LogP contribution in [0.25, 0.3) is 0 Å². The molecule has 0 aromatic heterocycles. The smallest absolute Gasteiger partial charge is 0.262 e. The zero-order chi connectivity index (χ0) is 15.8. The van der Waals surface area contributed by atoms with E-state index in [1.54, 1.807) is 11.9 Å². The number of rotatable bonds is 4. The molecule has 1 aromatic rings. The van der Waals surface area contributed by atoms with Gasteiger partial charge in [0.05, 0.1) is 10.0 Å². The van der Waals surface area contributed by atoms with Gasteiger partial charge in [-0.2, -0.15) is 0 Å². The van der Waals surface area contributed by atoms with Gasteiger partial charge in [-0.05, 0) is 30.9 Å². The molecule has 1 amide bonds. The van der Waals surface area contributed by atoms with Gasteiger partial charge in [0.2, 0.25) is 0 Å². The highest BCUT2D eigenvalue weighted by molar-refractivity contribution is 8.13. The molecule has 116 valence electrons. The summed E-state index contributed by atoms with van der Waals surface area (Å²) in [5.74, 6) is 0.208. The lowest BCUT2D eigenvalue weighted by Crippen LogP contribution is -2.34. The third kappa shape index (κ3) is 3.83. The SMILES string of the molecule is CN(CC1CCC1)C(=O)c1cc(Cl)c(Cl)c(S(=O)(=O)Cl)c1. The molecule has 1 fully saturated rings. The van der Waals surface area contributed by atoms with Crippen LogP contribution in [0.3, 0.4) is 0 Å². The van der Waals surface area contributed by atoms with Gasteiger partial charge in [-0.3, -0.25) is 4.79 Å². The summed E-state index contributed by atoms with van der Waals surface area (Å²) in [4.78, 5) is 13.6. The van der Waals surface area contributed by atoms with E-state index in [0.717, 1.165) is 18.9 Å². The molecule has 0 radical (unpaired) electrons. The van der Waals surface area contributed by atoms with Crippen LogP contribution >= 0.6 is 33.9 Å². The Morgan fingerprint density at radius 1 is 1.33 bits per heavy atom. The van der Waals surface area contributed by atoms with E-state index in [9.17, 15) is 13.2 Å². The second-order valence-electron chi connectivity index (χ2n) is 5.19. The fourth-order valence-electron chi connectivity index (χ4n) is 2.23. The van der Waals surface area contributed by atoms with Gasteiger partial charge in [-0.25, -0.2) is 8.42 Å². The Kier molecular flexibility index (Phi) is 5.08. The second-order valence-corrected chi connectivity index (χ2v) is 8.51. The minimum Gasteiger partial charge on any atom is -0.341 e. The van der Waals surface area contributed by atoms with Crippen LogP contribution in [0, 0.1) is 5.92 Å². The number of carbonyl (C=O) groups is 1. The average Bonchev–Trinajstić information content (AvgIpc) is 2.34. The fraction of sp³-hybridized carbons (Fsp3) is 0.462. The summed E-state index contributed by atoms with van der Waals surface area (Å²) >= 11 is 11.7. The van der Waals surface area contributed by atoms with E-state index in [1.807, 2.05) is 0 Å². The largest absolute Gasteiger partial charge is 0.341 e. The van der Waals surface area contributed by atoms with Crippen LogP contribution in [0.2, 0.25) is 10.0 Å². The van der Waals surface area contributed by atoms with Crippen molar-refractivity contribution < 1.29 is 13.2 Å². The van der Waals surface area contributed by atoms with E-state index >= 15 is 0 Å². The van der Waals surface area contributed by atoms with Crippen molar-refractivity contribution in [2.75, 3.05) is 13.6 Å². The highest BCUT2D eigenvalue weighted by Gasteiger charge is 2.25. The van der Waals surface area contributed by atoms with Crippen LogP contribution in [0.1, 0.15) is 29.6 Å². The van der Waals surface area contributed by atoms with E-state index in [4.69, 9.17) is 33.9 Å². The Morgan fingerprint density at radius 3 is 2.43 bits per heavy atom. The molecule has 0 spiro atoms. The third-order valence-electron chi connectivity index (χ3n) is 3.61. The summed E-state index contributed by atoms with van der Waals surface area (Å²) < 4.78 is 23.0. The third-order valence-corrected chi connectivity index (χ3v) is 5.87. The molecule has 1 aromatic carbocycles. The minimum atomic E-state index is -4.07. The predicted molar refractivity (Wildman–Crippen MR) is 83.8 cm³/mol. The van der Waals surface area contributed by atoms with Gasteiger partial charge in [0, 0.05) is 29.8 Å². The van der Waals surface area contributed by atoms with Crippen molar-refractivity contribution in [1.29, 1.82) is 0 Å². The van der Waals surface area contributed by atoms with Crippen molar-refractivity contribution in [2.45, 2.75) is 24.2 Å². The molecule has 4 nitrogen and oxygen atoms in total. The molecule has 1 aliphatic rings. The van der Waals surface area contributed by atoms with Crippen LogP contribution < -0.4 is 0 Å². The molecule has 0 aliphatic heterocycles. The number of amides is 1. The lowest BCUT2D eigenvalue weighted by molar-refractivity contribution is 0.0745. The molecule has 0 atom stereocenters. The summed E-state index contributed by atoms with van der Waals surface area (Å²) in [5.41, 5.74) is 0.158. The van der Waals surface area contributed by atoms with Crippen LogP contribution in [0.5, 0.6) is 0 Å². The van der Waals surface area contributed by atoms with E-state index in [0.29, 0.717) is 12.5 Å². The number of nitrogens with zero attached hydrogens (tertiary/aromatic N) is 1. The van der Waals surface area contributed by atoms with E-state index < -0.39 is 9.05 Å². The topological polar surface area (TPSA) is 54.5 Å². The number of carbonyl (C=O) groups excluding carboxylic acids is 1. The van der Waals surface area contributed by atoms with Gasteiger partial charge in [-0.1, -0.05) is 29.6 Å². The van der Waals surface area contributed by atoms with Crippen molar-refractivity contribution >= 4 is 48.8 Å². The lowest BCUT2D eigenvalue weighted by Gasteiger charge is -2.30. The molecule has 1 saturated carbocycles. The van der Waals surface area contributed by atoms with Gasteiger partial charge in [0.25, 0.3) is 15.0 Å². The lowest BCUT2D eigenvalue weighted by atomic mass is 9.85. The normalized spacial score (nSPS) is 15.6. The summed E-state index contributed by atoms with van der Waals surface area (Å²) in [5, 5.41) is -0.191. The molecule has 21 heavy (non-hydrogen) atoms. The molecular weight excluding hydrogens is 357 g/mol. The van der Waals surface area contributed by atoms with Gasteiger partial charge < -0.3 is 4.90 Å². The van der Waals surface area contributed by atoms with E-state index in [1.165, 1.54) is 12.5 Å². The van der Waals surface area contributed by atoms with Crippen LogP contribution in [-0.2, 0) is 9.05 Å². The maximum absolute atomic E-state index is 12.3. The van der Waals surface area contributed by atoms with Crippen molar-refractivity contribution in [3.8, 4) is 0 Å². The quantitative estimate of drug-likeness (QED) is 0.758. The maximum Gasteiger partial charge on any atom is 0.262 e. The predicted octanol–water partition coefficient (Wildman–Crippen LogP) is 3.79. The highest BCUT2D eigenvalue weighted by Crippen LogP contribution is 2.33. The number of hydrogen-bond donors (Lipinski definition) is 0.